The highest BCUT2D eigenvalue weighted by Gasteiger charge is 2.43. The van der Waals surface area contributed by atoms with E-state index in [0.29, 0.717) is 32.6 Å². The molecule has 0 bridgehead atoms. The van der Waals surface area contributed by atoms with Crippen LogP contribution in [0.1, 0.15) is 64.4 Å². The lowest BCUT2D eigenvalue weighted by molar-refractivity contribution is -0.144. The molecule has 4 N–H and O–H groups in total. The van der Waals surface area contributed by atoms with Crippen molar-refractivity contribution in [2.75, 3.05) is 20.3 Å². The third kappa shape index (κ3) is 7.61. The van der Waals surface area contributed by atoms with Crippen LogP contribution in [0.2, 0.25) is 0 Å². The second kappa shape index (κ2) is 14.5. The summed E-state index contributed by atoms with van der Waals surface area (Å²) in [4.78, 5) is 28.5. The molecule has 1 fully saturated rings. The van der Waals surface area contributed by atoms with Crippen LogP contribution in [-0.4, -0.2) is 76.6 Å². The summed E-state index contributed by atoms with van der Waals surface area (Å²) in [5, 5.41) is 33.2. The first-order valence-corrected chi connectivity index (χ1v) is 14.5. The van der Waals surface area contributed by atoms with Crippen LogP contribution in [-0.2, 0) is 16.2 Å². The lowest BCUT2D eigenvalue weighted by Gasteiger charge is -2.45. The Labute approximate surface area is 238 Å². The normalized spacial score (nSPS) is 22.1. The predicted octanol–water partition coefficient (Wildman–Crippen LogP) is 2.92. The van der Waals surface area contributed by atoms with Gasteiger partial charge in [-0.05, 0) is 65.1 Å². The minimum absolute atomic E-state index is 0.00587. The SMILES string of the molecule is COc1cc(CO)cc(I)c1OC1C=C(C(=O)NCCO)CC(N(C(=O)CC(C)C)C2CCCCC2)C1O. The van der Waals surface area contributed by atoms with Crippen molar-refractivity contribution in [1.29, 1.82) is 0 Å². The molecule has 9 nitrogen and oxygen atoms in total. The molecule has 0 spiro atoms. The Hall–Kier alpha value is -1.89. The summed E-state index contributed by atoms with van der Waals surface area (Å²) in [6, 6.07) is 2.79. The van der Waals surface area contributed by atoms with Crippen molar-refractivity contribution in [1.82, 2.24) is 10.2 Å². The van der Waals surface area contributed by atoms with E-state index < -0.39 is 18.2 Å². The molecule has 10 heteroatoms. The number of benzene rings is 1. The highest BCUT2D eigenvalue weighted by molar-refractivity contribution is 14.1. The Morgan fingerprint density at radius 1 is 1.18 bits per heavy atom. The van der Waals surface area contributed by atoms with Gasteiger partial charge >= 0.3 is 0 Å². The van der Waals surface area contributed by atoms with Gasteiger partial charge in [0.2, 0.25) is 11.8 Å². The Bertz CT molecular complexity index is 994. The number of ether oxygens (including phenoxy) is 2. The Balaban J connectivity index is 2.02. The number of carbonyl (C=O) groups is 2. The van der Waals surface area contributed by atoms with Gasteiger partial charge in [0.25, 0.3) is 0 Å². The van der Waals surface area contributed by atoms with Crippen LogP contribution < -0.4 is 14.8 Å². The van der Waals surface area contributed by atoms with E-state index in [1.54, 1.807) is 18.2 Å². The quantitative estimate of drug-likeness (QED) is 0.273. The monoisotopic (exact) mass is 644 g/mol. The number of rotatable bonds is 11. The van der Waals surface area contributed by atoms with Gasteiger partial charge in [-0.15, -0.1) is 0 Å². The second-order valence-corrected chi connectivity index (χ2v) is 11.6. The van der Waals surface area contributed by atoms with Gasteiger partial charge in [0, 0.05) is 31.0 Å². The molecule has 3 rings (SSSR count). The van der Waals surface area contributed by atoms with Gasteiger partial charge in [-0.3, -0.25) is 9.59 Å². The van der Waals surface area contributed by atoms with Crippen molar-refractivity contribution in [3.8, 4) is 11.5 Å². The standard InChI is InChI=1S/C28H41IN2O7/c1-17(2)11-25(34)31(20-7-5-4-6-8-20)22-14-19(28(36)30-9-10-32)15-23(26(22)35)38-27-21(29)12-18(16-33)13-24(27)37-3/h12-13,15,17,20,22-23,26,32-33,35H,4-11,14,16H2,1-3H3,(H,30,36). The highest BCUT2D eigenvalue weighted by atomic mass is 127. The van der Waals surface area contributed by atoms with E-state index in [0.717, 1.165) is 32.1 Å². The molecule has 38 heavy (non-hydrogen) atoms. The van der Waals surface area contributed by atoms with E-state index in [-0.39, 0.29) is 50.0 Å². The van der Waals surface area contributed by atoms with Crippen LogP contribution in [0.3, 0.4) is 0 Å². The van der Waals surface area contributed by atoms with Gasteiger partial charge in [0.1, 0.15) is 12.2 Å². The van der Waals surface area contributed by atoms with E-state index in [1.807, 2.05) is 18.7 Å². The number of methoxy groups -OCH3 is 1. The molecule has 2 aliphatic rings. The molecule has 0 aliphatic heterocycles. The zero-order valence-corrected chi connectivity index (χ0v) is 24.6. The molecule has 2 aliphatic carbocycles. The number of hydrogen-bond acceptors (Lipinski definition) is 7. The summed E-state index contributed by atoms with van der Waals surface area (Å²) >= 11 is 2.09. The smallest absolute Gasteiger partial charge is 0.247 e. The molecule has 3 atom stereocenters. The number of aliphatic hydroxyl groups is 3. The molecule has 212 valence electrons. The minimum Gasteiger partial charge on any atom is -0.493 e. The van der Waals surface area contributed by atoms with Crippen LogP contribution in [0.15, 0.2) is 23.8 Å². The van der Waals surface area contributed by atoms with Crippen LogP contribution in [0, 0.1) is 9.49 Å². The average Bonchev–Trinajstić information content (AvgIpc) is 2.90. The molecule has 2 amide bonds. The molecule has 0 radical (unpaired) electrons. The maximum Gasteiger partial charge on any atom is 0.247 e. The van der Waals surface area contributed by atoms with E-state index >= 15 is 0 Å². The van der Waals surface area contributed by atoms with E-state index in [9.17, 15) is 24.9 Å². The number of amides is 2. The number of aliphatic hydroxyl groups excluding tert-OH is 3. The number of hydrogen-bond donors (Lipinski definition) is 4. The first kappa shape index (κ1) is 30.6. The van der Waals surface area contributed by atoms with Crippen molar-refractivity contribution >= 4 is 34.4 Å². The molecule has 0 saturated heterocycles. The topological polar surface area (TPSA) is 129 Å². The van der Waals surface area contributed by atoms with Crippen molar-refractivity contribution in [2.24, 2.45) is 5.92 Å². The average molecular weight is 645 g/mol. The van der Waals surface area contributed by atoms with E-state index in [1.165, 1.54) is 7.11 Å². The third-order valence-corrected chi connectivity index (χ3v) is 7.94. The van der Waals surface area contributed by atoms with Gasteiger partial charge in [-0.25, -0.2) is 0 Å². The Kier molecular flexibility index (Phi) is 11.7. The van der Waals surface area contributed by atoms with Crippen LogP contribution in [0.5, 0.6) is 11.5 Å². The van der Waals surface area contributed by atoms with Crippen LogP contribution in [0.25, 0.3) is 0 Å². The van der Waals surface area contributed by atoms with Crippen molar-refractivity contribution in [3.63, 3.8) is 0 Å². The maximum atomic E-state index is 13.6. The number of nitrogens with one attached hydrogen (secondary N) is 1. The summed E-state index contributed by atoms with van der Waals surface area (Å²) in [6.07, 6.45) is 5.03. The lowest BCUT2D eigenvalue weighted by Crippen LogP contribution is -2.58. The summed E-state index contributed by atoms with van der Waals surface area (Å²) in [7, 11) is 1.50. The highest BCUT2D eigenvalue weighted by Crippen LogP contribution is 2.38. The molecular weight excluding hydrogens is 603 g/mol. The summed E-state index contributed by atoms with van der Waals surface area (Å²) in [5.74, 6) is 0.558. The first-order chi connectivity index (χ1) is 18.2. The van der Waals surface area contributed by atoms with Gasteiger partial charge in [0.15, 0.2) is 11.5 Å². The molecule has 1 saturated carbocycles. The summed E-state index contributed by atoms with van der Waals surface area (Å²) in [5.41, 5.74) is 1.06. The van der Waals surface area contributed by atoms with Crippen LogP contribution in [0.4, 0.5) is 0 Å². The zero-order chi connectivity index (χ0) is 27.8. The van der Waals surface area contributed by atoms with Gasteiger partial charge in [0.05, 0.1) is 29.9 Å². The molecule has 0 heterocycles. The fourth-order valence-electron chi connectivity index (χ4n) is 5.34. The number of carbonyl (C=O) groups excluding carboxylic acids is 2. The number of halogens is 1. The second-order valence-electron chi connectivity index (χ2n) is 10.5. The van der Waals surface area contributed by atoms with Gasteiger partial charge in [-0.1, -0.05) is 33.1 Å². The first-order valence-electron chi connectivity index (χ1n) is 13.4. The third-order valence-electron chi connectivity index (χ3n) is 7.14. The molecular formula is C28H41IN2O7. The van der Waals surface area contributed by atoms with Gasteiger partial charge in [-0.2, -0.15) is 0 Å². The molecule has 1 aromatic rings. The molecule has 0 aromatic heterocycles. The Morgan fingerprint density at radius 2 is 1.89 bits per heavy atom. The number of nitrogens with zero attached hydrogens (tertiary/aromatic N) is 1. The minimum atomic E-state index is -1.08. The predicted molar refractivity (Wildman–Crippen MR) is 152 cm³/mol. The van der Waals surface area contributed by atoms with E-state index in [2.05, 4.69) is 27.9 Å². The Morgan fingerprint density at radius 3 is 2.50 bits per heavy atom. The summed E-state index contributed by atoms with van der Waals surface area (Å²) in [6.45, 7) is 3.74. The maximum absolute atomic E-state index is 13.6. The van der Waals surface area contributed by atoms with Gasteiger partial charge < -0.3 is 35.0 Å². The van der Waals surface area contributed by atoms with Crippen molar-refractivity contribution in [2.45, 2.75) is 89.7 Å². The van der Waals surface area contributed by atoms with Crippen LogP contribution >= 0.6 is 22.6 Å². The summed E-state index contributed by atoms with van der Waals surface area (Å²) < 4.78 is 12.5. The van der Waals surface area contributed by atoms with Crippen molar-refractivity contribution < 1.29 is 34.4 Å². The fourth-order valence-corrected chi connectivity index (χ4v) is 6.13. The largest absolute Gasteiger partial charge is 0.493 e. The lowest BCUT2D eigenvalue weighted by atomic mass is 9.84. The van der Waals surface area contributed by atoms with Crippen molar-refractivity contribution in [3.05, 3.63) is 32.9 Å². The van der Waals surface area contributed by atoms with E-state index in [4.69, 9.17) is 9.47 Å². The molecule has 1 aromatic carbocycles. The molecule has 3 unspecified atom stereocenters. The fraction of sp³-hybridized carbons (Fsp3) is 0.643. The zero-order valence-electron chi connectivity index (χ0n) is 22.5.